The lowest BCUT2D eigenvalue weighted by Crippen LogP contribution is -2.44. The van der Waals surface area contributed by atoms with Crippen molar-refractivity contribution in [2.24, 2.45) is 0 Å². The third kappa shape index (κ3) is 5.19. The zero-order chi connectivity index (χ0) is 10.3. The molecule has 5 heteroatoms. The van der Waals surface area contributed by atoms with Gasteiger partial charge in [0, 0.05) is 20.6 Å². The van der Waals surface area contributed by atoms with E-state index in [-0.39, 0.29) is 18.1 Å². The maximum atomic E-state index is 10.6. The van der Waals surface area contributed by atoms with Crippen LogP contribution in [-0.4, -0.2) is 38.1 Å². The molecule has 0 bridgehead atoms. The number of carbonyl (C=O) groups excluding carboxylic acids is 2. The predicted octanol–water partition coefficient (Wildman–Crippen LogP) is -0.728. The molecule has 0 rings (SSSR count). The molecule has 13 heavy (non-hydrogen) atoms. The Morgan fingerprint density at radius 2 is 2.23 bits per heavy atom. The highest BCUT2D eigenvalue weighted by molar-refractivity contribution is 5.72. The van der Waals surface area contributed by atoms with Gasteiger partial charge in [0.1, 0.15) is 0 Å². The SMILES string of the molecule is COC(CNC(C)=O)C(C)NC=O. The Labute approximate surface area is 77.8 Å². The van der Waals surface area contributed by atoms with E-state index in [1.165, 1.54) is 14.0 Å². The van der Waals surface area contributed by atoms with Gasteiger partial charge in [-0.05, 0) is 6.92 Å². The number of amides is 2. The van der Waals surface area contributed by atoms with Gasteiger partial charge in [-0.15, -0.1) is 0 Å². The molecule has 76 valence electrons. The van der Waals surface area contributed by atoms with Gasteiger partial charge in [-0.2, -0.15) is 0 Å². The number of methoxy groups -OCH3 is 1. The van der Waals surface area contributed by atoms with E-state index in [2.05, 4.69) is 10.6 Å². The van der Waals surface area contributed by atoms with Gasteiger partial charge in [0.25, 0.3) is 0 Å². The topological polar surface area (TPSA) is 67.4 Å². The van der Waals surface area contributed by atoms with Gasteiger partial charge in [-0.25, -0.2) is 0 Å². The Morgan fingerprint density at radius 1 is 1.62 bits per heavy atom. The van der Waals surface area contributed by atoms with Crippen molar-refractivity contribution < 1.29 is 14.3 Å². The molecule has 2 unspecified atom stereocenters. The largest absolute Gasteiger partial charge is 0.377 e. The lowest BCUT2D eigenvalue weighted by atomic mass is 10.2. The second-order valence-electron chi connectivity index (χ2n) is 2.78. The van der Waals surface area contributed by atoms with E-state index in [0.29, 0.717) is 13.0 Å². The minimum absolute atomic E-state index is 0.111. The molecular weight excluding hydrogens is 172 g/mol. The van der Waals surface area contributed by atoms with E-state index in [1.54, 1.807) is 0 Å². The summed E-state index contributed by atoms with van der Waals surface area (Å²) in [5, 5.41) is 5.18. The summed E-state index contributed by atoms with van der Waals surface area (Å²) in [6.07, 6.45) is 0.416. The van der Waals surface area contributed by atoms with Gasteiger partial charge < -0.3 is 15.4 Å². The number of nitrogens with one attached hydrogen (secondary N) is 2. The molecule has 0 heterocycles. The normalized spacial score (nSPS) is 14.4. The van der Waals surface area contributed by atoms with Crippen molar-refractivity contribution in [3.05, 3.63) is 0 Å². The fraction of sp³-hybridized carbons (Fsp3) is 0.750. The van der Waals surface area contributed by atoms with E-state index >= 15 is 0 Å². The summed E-state index contributed by atoms with van der Waals surface area (Å²) in [7, 11) is 1.54. The van der Waals surface area contributed by atoms with E-state index in [4.69, 9.17) is 4.74 Å². The van der Waals surface area contributed by atoms with E-state index < -0.39 is 0 Å². The zero-order valence-corrected chi connectivity index (χ0v) is 8.16. The highest BCUT2D eigenvalue weighted by Crippen LogP contribution is 1.95. The predicted molar refractivity (Wildman–Crippen MR) is 48.1 cm³/mol. The van der Waals surface area contributed by atoms with Gasteiger partial charge in [-0.3, -0.25) is 9.59 Å². The number of rotatable bonds is 6. The molecule has 0 saturated carbocycles. The first kappa shape index (κ1) is 11.9. The van der Waals surface area contributed by atoms with Gasteiger partial charge in [0.15, 0.2) is 0 Å². The summed E-state index contributed by atoms with van der Waals surface area (Å²) in [5.74, 6) is -0.111. The molecule has 0 aliphatic rings. The molecule has 0 aliphatic heterocycles. The Kier molecular flexibility index (Phi) is 5.88. The average molecular weight is 188 g/mol. The van der Waals surface area contributed by atoms with Crippen LogP contribution in [0.4, 0.5) is 0 Å². The number of carbonyl (C=O) groups is 2. The lowest BCUT2D eigenvalue weighted by Gasteiger charge is -2.21. The van der Waals surface area contributed by atoms with Crippen molar-refractivity contribution in [3.8, 4) is 0 Å². The molecule has 0 aliphatic carbocycles. The van der Waals surface area contributed by atoms with Crippen LogP contribution < -0.4 is 10.6 Å². The Morgan fingerprint density at radius 3 is 2.62 bits per heavy atom. The number of hydrogen-bond donors (Lipinski definition) is 2. The van der Waals surface area contributed by atoms with Gasteiger partial charge >= 0.3 is 0 Å². The highest BCUT2D eigenvalue weighted by Gasteiger charge is 2.15. The van der Waals surface area contributed by atoms with E-state index in [0.717, 1.165) is 0 Å². The first-order valence-corrected chi connectivity index (χ1v) is 4.08. The number of ether oxygens (including phenoxy) is 1. The first-order valence-electron chi connectivity index (χ1n) is 4.08. The quantitative estimate of drug-likeness (QED) is 0.540. The Balaban J connectivity index is 3.86. The van der Waals surface area contributed by atoms with Crippen LogP contribution in [0.3, 0.4) is 0 Å². The molecule has 2 atom stereocenters. The Bertz CT molecular complexity index is 173. The summed E-state index contributed by atoms with van der Waals surface area (Å²) in [5.41, 5.74) is 0. The first-order chi connectivity index (χ1) is 6.11. The lowest BCUT2D eigenvalue weighted by molar-refractivity contribution is -0.119. The summed E-state index contributed by atoms with van der Waals surface area (Å²) < 4.78 is 5.08. The molecular formula is C8H16N2O3. The molecule has 0 saturated heterocycles. The second kappa shape index (κ2) is 6.42. The van der Waals surface area contributed by atoms with Crippen molar-refractivity contribution in [2.75, 3.05) is 13.7 Å². The maximum absolute atomic E-state index is 10.6. The van der Waals surface area contributed by atoms with Gasteiger partial charge in [0.2, 0.25) is 12.3 Å². The second-order valence-corrected chi connectivity index (χ2v) is 2.78. The van der Waals surface area contributed by atoms with Crippen LogP contribution in [-0.2, 0) is 14.3 Å². The van der Waals surface area contributed by atoms with Crippen LogP contribution in [0.1, 0.15) is 13.8 Å². The summed E-state index contributed by atoms with van der Waals surface area (Å²) in [6.45, 7) is 3.64. The van der Waals surface area contributed by atoms with Crippen molar-refractivity contribution >= 4 is 12.3 Å². The van der Waals surface area contributed by atoms with Gasteiger partial charge in [-0.1, -0.05) is 0 Å². The van der Waals surface area contributed by atoms with Crippen LogP contribution >= 0.6 is 0 Å². The number of hydrogen-bond acceptors (Lipinski definition) is 3. The monoisotopic (exact) mass is 188 g/mol. The highest BCUT2D eigenvalue weighted by atomic mass is 16.5. The van der Waals surface area contributed by atoms with Crippen LogP contribution in [0, 0.1) is 0 Å². The minimum atomic E-state index is -0.200. The molecule has 0 radical (unpaired) electrons. The fourth-order valence-corrected chi connectivity index (χ4v) is 0.923. The summed E-state index contributed by atoms with van der Waals surface area (Å²) in [4.78, 5) is 20.7. The molecule has 0 aromatic heterocycles. The molecule has 0 fully saturated rings. The van der Waals surface area contributed by atoms with Crippen molar-refractivity contribution in [2.45, 2.75) is 26.0 Å². The van der Waals surface area contributed by atoms with Crippen LogP contribution in [0.2, 0.25) is 0 Å². The zero-order valence-electron chi connectivity index (χ0n) is 8.16. The maximum Gasteiger partial charge on any atom is 0.216 e. The summed E-state index contributed by atoms with van der Waals surface area (Å²) in [6, 6.07) is -0.116. The molecule has 0 spiro atoms. The van der Waals surface area contributed by atoms with E-state index in [9.17, 15) is 9.59 Å². The molecule has 0 aromatic carbocycles. The molecule has 5 nitrogen and oxygen atoms in total. The standard InChI is InChI=1S/C8H16N2O3/c1-6(10-5-11)8(13-3)4-9-7(2)12/h5-6,8H,4H2,1-3H3,(H,9,12)(H,10,11). The Hall–Kier alpha value is -1.10. The minimum Gasteiger partial charge on any atom is -0.377 e. The third-order valence-electron chi connectivity index (χ3n) is 1.74. The van der Waals surface area contributed by atoms with Crippen LogP contribution in [0.15, 0.2) is 0 Å². The molecule has 2 N–H and O–H groups in total. The third-order valence-corrected chi connectivity index (χ3v) is 1.74. The van der Waals surface area contributed by atoms with Crippen molar-refractivity contribution in [1.29, 1.82) is 0 Å². The molecule has 2 amide bonds. The van der Waals surface area contributed by atoms with Crippen molar-refractivity contribution in [3.63, 3.8) is 0 Å². The van der Waals surface area contributed by atoms with Crippen LogP contribution in [0.5, 0.6) is 0 Å². The fourth-order valence-electron chi connectivity index (χ4n) is 0.923. The molecule has 0 aromatic rings. The van der Waals surface area contributed by atoms with Crippen LogP contribution in [0.25, 0.3) is 0 Å². The smallest absolute Gasteiger partial charge is 0.216 e. The summed E-state index contributed by atoms with van der Waals surface area (Å²) >= 11 is 0. The van der Waals surface area contributed by atoms with E-state index in [1.807, 2.05) is 6.92 Å². The van der Waals surface area contributed by atoms with Crippen molar-refractivity contribution in [1.82, 2.24) is 10.6 Å². The van der Waals surface area contributed by atoms with Gasteiger partial charge in [0.05, 0.1) is 12.1 Å². The average Bonchev–Trinajstić information content (AvgIpc) is 2.05.